The van der Waals surface area contributed by atoms with Crippen LogP contribution in [0.4, 0.5) is 5.82 Å². The lowest BCUT2D eigenvalue weighted by molar-refractivity contribution is -0.132. The van der Waals surface area contributed by atoms with Gasteiger partial charge in [-0.3, -0.25) is 9.69 Å². The van der Waals surface area contributed by atoms with Gasteiger partial charge < -0.3 is 15.1 Å². The second-order valence-corrected chi connectivity index (χ2v) is 7.44. The lowest BCUT2D eigenvalue weighted by Crippen LogP contribution is -2.48. The third-order valence-electron chi connectivity index (χ3n) is 5.09. The van der Waals surface area contributed by atoms with Crippen molar-refractivity contribution in [1.29, 1.82) is 0 Å². The van der Waals surface area contributed by atoms with Crippen molar-refractivity contribution in [2.75, 3.05) is 58.7 Å². The van der Waals surface area contributed by atoms with Crippen molar-refractivity contribution in [2.24, 2.45) is 0 Å². The van der Waals surface area contributed by atoms with Crippen LogP contribution in [0, 0.1) is 0 Å². The van der Waals surface area contributed by atoms with E-state index < -0.39 is 0 Å². The fraction of sp³-hybridized carbons (Fsp3) is 0.600. The molecule has 2 aromatic rings. The van der Waals surface area contributed by atoms with Crippen molar-refractivity contribution in [1.82, 2.24) is 24.5 Å². The second kappa shape index (κ2) is 9.19. The molecule has 1 amide bonds. The molecule has 0 atom stereocenters. The first-order chi connectivity index (χ1) is 13.1. The van der Waals surface area contributed by atoms with Crippen molar-refractivity contribution in [3.05, 3.63) is 24.3 Å². The van der Waals surface area contributed by atoms with Crippen LogP contribution in [0.1, 0.15) is 19.8 Å². The van der Waals surface area contributed by atoms with E-state index in [1.165, 1.54) is 5.39 Å². The molecular weight excluding hydrogens is 340 g/mol. The van der Waals surface area contributed by atoms with Gasteiger partial charge in [0.2, 0.25) is 5.91 Å². The molecule has 3 rings (SSSR count). The Morgan fingerprint density at radius 2 is 1.93 bits per heavy atom. The van der Waals surface area contributed by atoms with E-state index in [1.54, 1.807) is 0 Å². The van der Waals surface area contributed by atoms with E-state index >= 15 is 0 Å². The maximum absolute atomic E-state index is 11.9. The highest BCUT2D eigenvalue weighted by molar-refractivity contribution is 5.90. The van der Waals surface area contributed by atoms with Crippen molar-refractivity contribution in [2.45, 2.75) is 26.4 Å². The van der Waals surface area contributed by atoms with E-state index in [4.69, 9.17) is 5.10 Å². The van der Waals surface area contributed by atoms with Gasteiger partial charge in [-0.25, -0.2) is 4.68 Å². The van der Waals surface area contributed by atoms with Crippen LogP contribution in [0.25, 0.3) is 10.9 Å². The van der Waals surface area contributed by atoms with Crippen molar-refractivity contribution >= 4 is 22.6 Å². The predicted octanol–water partition coefficient (Wildman–Crippen LogP) is 1.91. The van der Waals surface area contributed by atoms with Crippen LogP contribution in [0.15, 0.2) is 24.3 Å². The molecule has 0 saturated carbocycles. The molecule has 0 radical (unpaired) electrons. The average Bonchev–Trinajstić information content (AvgIpc) is 3.03. The average molecular weight is 373 g/mol. The first-order valence-corrected chi connectivity index (χ1v) is 9.92. The van der Waals surface area contributed by atoms with E-state index in [9.17, 15) is 4.79 Å². The van der Waals surface area contributed by atoms with Crippen LogP contribution in [-0.4, -0.2) is 83.8 Å². The third-order valence-corrected chi connectivity index (χ3v) is 5.09. The van der Waals surface area contributed by atoms with Gasteiger partial charge in [-0.2, -0.15) is 5.10 Å². The minimum Gasteiger partial charge on any atom is -0.368 e. The molecule has 1 saturated heterocycles. The molecule has 27 heavy (non-hydrogen) atoms. The Kier molecular flexibility index (Phi) is 6.68. The van der Waals surface area contributed by atoms with Crippen LogP contribution < -0.4 is 5.32 Å². The number of hydrogen-bond acceptors (Lipinski definition) is 5. The standard InChI is InChI=1S/C20H32N6O/c1-4-19(27)25-14-12-24(13-15-25)16-26-18-9-6-5-8-17(18)20(22-26)21-10-7-11-23(2)3/h5-6,8-9H,4,7,10-16H2,1-3H3,(H,21,22). The van der Waals surface area contributed by atoms with Crippen LogP contribution in [0.5, 0.6) is 0 Å². The first kappa shape index (κ1) is 19.6. The van der Waals surface area contributed by atoms with E-state index in [0.717, 1.165) is 63.7 Å². The summed E-state index contributed by atoms with van der Waals surface area (Å²) in [4.78, 5) is 18.4. The molecule has 1 aromatic carbocycles. The molecule has 1 N–H and O–H groups in total. The van der Waals surface area contributed by atoms with Crippen LogP contribution in [0.3, 0.4) is 0 Å². The van der Waals surface area contributed by atoms with Gasteiger partial charge in [-0.15, -0.1) is 0 Å². The number of hydrogen-bond donors (Lipinski definition) is 1. The van der Waals surface area contributed by atoms with Gasteiger partial charge in [-0.1, -0.05) is 19.1 Å². The molecule has 7 heteroatoms. The van der Waals surface area contributed by atoms with Gasteiger partial charge in [0.05, 0.1) is 12.2 Å². The quantitative estimate of drug-likeness (QED) is 0.718. The van der Waals surface area contributed by atoms with Gasteiger partial charge >= 0.3 is 0 Å². The number of amides is 1. The normalized spacial score (nSPS) is 15.6. The summed E-state index contributed by atoms with van der Waals surface area (Å²) in [6.07, 6.45) is 1.67. The minimum atomic E-state index is 0.253. The van der Waals surface area contributed by atoms with Crippen molar-refractivity contribution in [3.63, 3.8) is 0 Å². The van der Waals surface area contributed by atoms with Crippen molar-refractivity contribution in [3.8, 4) is 0 Å². The molecule has 0 bridgehead atoms. The summed E-state index contributed by atoms with van der Waals surface area (Å²) in [6.45, 7) is 8.06. The fourth-order valence-corrected chi connectivity index (χ4v) is 3.52. The SMILES string of the molecule is CCC(=O)N1CCN(Cn2nc(NCCCN(C)C)c3ccccc32)CC1. The zero-order valence-electron chi connectivity index (χ0n) is 16.8. The monoisotopic (exact) mass is 372 g/mol. The highest BCUT2D eigenvalue weighted by Crippen LogP contribution is 2.23. The minimum absolute atomic E-state index is 0.253. The summed E-state index contributed by atoms with van der Waals surface area (Å²) < 4.78 is 2.08. The Morgan fingerprint density at radius 3 is 2.63 bits per heavy atom. The molecule has 0 aliphatic carbocycles. The molecule has 1 aliphatic heterocycles. The number of carbonyl (C=O) groups excluding carboxylic acids is 1. The zero-order valence-corrected chi connectivity index (χ0v) is 16.8. The van der Waals surface area contributed by atoms with Crippen LogP contribution in [-0.2, 0) is 11.5 Å². The number of nitrogens with zero attached hydrogens (tertiary/aromatic N) is 5. The van der Waals surface area contributed by atoms with Gasteiger partial charge in [0.25, 0.3) is 0 Å². The van der Waals surface area contributed by atoms with Crippen molar-refractivity contribution < 1.29 is 4.79 Å². The van der Waals surface area contributed by atoms with Crippen LogP contribution in [0.2, 0.25) is 0 Å². The predicted molar refractivity (Wildman–Crippen MR) is 110 cm³/mol. The molecule has 2 heterocycles. The summed E-state index contributed by atoms with van der Waals surface area (Å²) in [7, 11) is 4.19. The third kappa shape index (κ3) is 4.99. The van der Waals surface area contributed by atoms with E-state index in [-0.39, 0.29) is 5.91 Å². The summed E-state index contributed by atoms with van der Waals surface area (Å²) >= 11 is 0. The van der Waals surface area contributed by atoms with E-state index in [1.807, 2.05) is 11.8 Å². The van der Waals surface area contributed by atoms with E-state index in [2.05, 4.69) is 58.2 Å². The number of carbonyl (C=O) groups is 1. The van der Waals surface area contributed by atoms with Gasteiger partial charge in [0, 0.05) is 44.5 Å². The maximum Gasteiger partial charge on any atom is 0.222 e. The lowest BCUT2D eigenvalue weighted by atomic mass is 10.2. The molecule has 148 valence electrons. The summed E-state index contributed by atoms with van der Waals surface area (Å²) in [5.74, 6) is 1.22. The largest absolute Gasteiger partial charge is 0.368 e. The smallest absolute Gasteiger partial charge is 0.222 e. The lowest BCUT2D eigenvalue weighted by Gasteiger charge is -2.34. The Balaban J connectivity index is 1.64. The van der Waals surface area contributed by atoms with E-state index in [0.29, 0.717) is 6.42 Å². The number of rotatable bonds is 8. The second-order valence-electron chi connectivity index (χ2n) is 7.44. The Morgan fingerprint density at radius 1 is 1.19 bits per heavy atom. The number of anilines is 1. The molecule has 1 fully saturated rings. The van der Waals surface area contributed by atoms with Crippen LogP contribution >= 0.6 is 0 Å². The molecule has 0 spiro atoms. The molecular formula is C20H32N6O. The Hall–Kier alpha value is -2.12. The Labute approximate surface area is 161 Å². The Bertz CT molecular complexity index is 748. The number of benzene rings is 1. The molecule has 1 aliphatic rings. The van der Waals surface area contributed by atoms with Gasteiger partial charge in [0.1, 0.15) is 0 Å². The fourth-order valence-electron chi connectivity index (χ4n) is 3.52. The zero-order chi connectivity index (χ0) is 19.2. The molecule has 0 unspecified atom stereocenters. The topological polar surface area (TPSA) is 56.6 Å². The maximum atomic E-state index is 11.9. The van der Waals surface area contributed by atoms with Gasteiger partial charge in [-0.05, 0) is 39.2 Å². The summed E-state index contributed by atoms with van der Waals surface area (Å²) in [5.41, 5.74) is 1.15. The molecule has 7 nitrogen and oxygen atoms in total. The first-order valence-electron chi connectivity index (χ1n) is 9.92. The van der Waals surface area contributed by atoms with Gasteiger partial charge in [0.15, 0.2) is 5.82 Å². The highest BCUT2D eigenvalue weighted by Gasteiger charge is 2.21. The molecule has 1 aromatic heterocycles. The highest BCUT2D eigenvalue weighted by atomic mass is 16.2. The number of aromatic nitrogens is 2. The summed E-state index contributed by atoms with van der Waals surface area (Å²) in [5, 5.41) is 9.51. The number of fused-ring (bicyclic) bond motifs is 1. The summed E-state index contributed by atoms with van der Waals surface area (Å²) in [6, 6.07) is 8.39. The number of para-hydroxylation sites is 1. The number of nitrogens with one attached hydrogen (secondary N) is 1. The number of piperazine rings is 1.